The molecule has 6 nitrogen and oxygen atoms in total. The first kappa shape index (κ1) is 16.3. The Morgan fingerprint density at radius 2 is 1.95 bits per heavy atom. The van der Waals surface area contributed by atoms with Crippen LogP contribution in [-0.4, -0.2) is 63.4 Å². The summed E-state index contributed by atoms with van der Waals surface area (Å²) >= 11 is 6.39. The summed E-state index contributed by atoms with van der Waals surface area (Å²) in [7, 11) is 1.93. The summed E-state index contributed by atoms with van der Waals surface area (Å²) in [6, 6.07) is 0. The van der Waals surface area contributed by atoms with Crippen LogP contribution in [0.2, 0.25) is 5.02 Å². The molecule has 0 bridgehead atoms. The molecule has 118 valence electrons. The minimum absolute atomic E-state index is 0.125. The van der Waals surface area contributed by atoms with Crippen LogP contribution in [0.5, 0.6) is 0 Å². The average molecular weight is 315 g/mol. The Labute approximate surface area is 130 Å². The van der Waals surface area contributed by atoms with Crippen molar-refractivity contribution in [3.8, 4) is 0 Å². The number of aliphatic carboxylic acids is 1. The molecular weight excluding hydrogens is 292 g/mol. The fraction of sp³-hybridized carbons (Fsp3) is 0.714. The van der Waals surface area contributed by atoms with E-state index < -0.39 is 5.97 Å². The predicted molar refractivity (Wildman–Crippen MR) is 81.6 cm³/mol. The Morgan fingerprint density at radius 1 is 1.29 bits per heavy atom. The van der Waals surface area contributed by atoms with E-state index in [0.29, 0.717) is 0 Å². The van der Waals surface area contributed by atoms with Crippen molar-refractivity contribution in [2.75, 3.05) is 32.7 Å². The molecule has 1 aromatic rings. The second-order valence-corrected chi connectivity index (χ2v) is 5.86. The van der Waals surface area contributed by atoms with Crippen molar-refractivity contribution in [3.63, 3.8) is 0 Å². The third-order valence-corrected chi connectivity index (χ3v) is 4.35. The van der Waals surface area contributed by atoms with Crippen molar-refractivity contribution in [2.24, 2.45) is 7.05 Å². The van der Waals surface area contributed by atoms with Gasteiger partial charge in [0, 0.05) is 33.2 Å². The second kappa shape index (κ2) is 7.24. The molecule has 0 saturated carbocycles. The van der Waals surface area contributed by atoms with Crippen LogP contribution in [0, 0.1) is 0 Å². The van der Waals surface area contributed by atoms with E-state index in [1.165, 1.54) is 0 Å². The lowest BCUT2D eigenvalue weighted by Gasteiger charge is -2.21. The van der Waals surface area contributed by atoms with E-state index in [4.69, 9.17) is 16.7 Å². The average Bonchev–Trinajstić information content (AvgIpc) is 2.60. The number of halogens is 1. The third-order valence-electron chi connectivity index (χ3n) is 3.92. The molecule has 0 aliphatic carbocycles. The van der Waals surface area contributed by atoms with Gasteiger partial charge in [-0.1, -0.05) is 18.5 Å². The van der Waals surface area contributed by atoms with Gasteiger partial charge in [-0.05, 0) is 19.4 Å². The Balaban J connectivity index is 1.98. The van der Waals surface area contributed by atoms with E-state index in [-0.39, 0.29) is 6.54 Å². The maximum absolute atomic E-state index is 10.8. The van der Waals surface area contributed by atoms with Crippen LogP contribution in [-0.2, 0) is 24.8 Å². The molecule has 1 aliphatic rings. The number of aromatic nitrogens is 2. The van der Waals surface area contributed by atoms with E-state index in [1.54, 1.807) is 0 Å². The van der Waals surface area contributed by atoms with Gasteiger partial charge in [-0.3, -0.25) is 19.3 Å². The van der Waals surface area contributed by atoms with E-state index in [0.717, 1.165) is 62.0 Å². The lowest BCUT2D eigenvalue weighted by Crippen LogP contribution is -2.34. The van der Waals surface area contributed by atoms with Crippen molar-refractivity contribution >= 4 is 17.6 Å². The number of hydrogen-bond acceptors (Lipinski definition) is 4. The Kier molecular flexibility index (Phi) is 5.61. The van der Waals surface area contributed by atoms with Gasteiger partial charge >= 0.3 is 5.97 Å². The topological polar surface area (TPSA) is 61.6 Å². The van der Waals surface area contributed by atoms with Gasteiger partial charge in [0.15, 0.2) is 0 Å². The highest BCUT2D eigenvalue weighted by molar-refractivity contribution is 6.31. The monoisotopic (exact) mass is 314 g/mol. The van der Waals surface area contributed by atoms with E-state index in [9.17, 15) is 4.79 Å². The smallest absolute Gasteiger partial charge is 0.317 e. The van der Waals surface area contributed by atoms with Crippen LogP contribution < -0.4 is 0 Å². The summed E-state index contributed by atoms with van der Waals surface area (Å²) in [6.45, 7) is 6.37. The normalized spacial score (nSPS) is 17.9. The molecule has 0 aromatic carbocycles. The number of carboxylic acids is 1. The first-order chi connectivity index (χ1) is 10.0. The van der Waals surface area contributed by atoms with Gasteiger partial charge in [-0.2, -0.15) is 5.10 Å². The Morgan fingerprint density at radius 3 is 2.57 bits per heavy atom. The van der Waals surface area contributed by atoms with Crippen molar-refractivity contribution in [2.45, 2.75) is 26.3 Å². The molecule has 0 spiro atoms. The van der Waals surface area contributed by atoms with Gasteiger partial charge in [-0.15, -0.1) is 0 Å². The first-order valence-electron chi connectivity index (χ1n) is 7.38. The predicted octanol–water partition coefficient (Wildman–Crippen LogP) is 1.23. The zero-order valence-electron chi connectivity index (χ0n) is 12.7. The summed E-state index contributed by atoms with van der Waals surface area (Å²) in [5.41, 5.74) is 1.98. The van der Waals surface area contributed by atoms with Crippen molar-refractivity contribution in [1.29, 1.82) is 0 Å². The third kappa shape index (κ3) is 4.18. The van der Waals surface area contributed by atoms with Crippen LogP contribution in [0.3, 0.4) is 0 Å². The van der Waals surface area contributed by atoms with E-state index in [1.807, 2.05) is 23.6 Å². The molecule has 1 aromatic heterocycles. The number of rotatable bonds is 5. The fourth-order valence-corrected chi connectivity index (χ4v) is 3.09. The van der Waals surface area contributed by atoms with Gasteiger partial charge in [0.1, 0.15) is 0 Å². The number of carboxylic acid groups (broad SMARTS) is 1. The molecule has 1 N–H and O–H groups in total. The fourth-order valence-electron chi connectivity index (χ4n) is 2.74. The summed E-state index contributed by atoms with van der Waals surface area (Å²) < 4.78 is 1.86. The summed E-state index contributed by atoms with van der Waals surface area (Å²) in [4.78, 5) is 15.1. The van der Waals surface area contributed by atoms with Gasteiger partial charge in [0.25, 0.3) is 0 Å². The quantitative estimate of drug-likeness (QED) is 0.885. The first-order valence-corrected chi connectivity index (χ1v) is 7.75. The summed E-state index contributed by atoms with van der Waals surface area (Å²) in [6.07, 6.45) is 1.81. The van der Waals surface area contributed by atoms with Crippen LogP contribution in [0.15, 0.2) is 0 Å². The van der Waals surface area contributed by atoms with Gasteiger partial charge in [0.05, 0.1) is 23.0 Å². The maximum atomic E-state index is 10.8. The molecule has 1 aliphatic heterocycles. The minimum Gasteiger partial charge on any atom is -0.480 e. The van der Waals surface area contributed by atoms with Gasteiger partial charge < -0.3 is 5.11 Å². The standard InChI is InChI=1S/C14H23ClN4O2/c1-3-11-14(15)12(17(2)16-11)9-18-5-4-6-19(8-7-18)10-13(20)21/h3-10H2,1-2H3,(H,20,21). The molecular formula is C14H23ClN4O2. The molecule has 7 heteroatoms. The largest absolute Gasteiger partial charge is 0.480 e. The van der Waals surface area contributed by atoms with Crippen LogP contribution in [0.1, 0.15) is 24.7 Å². The lowest BCUT2D eigenvalue weighted by molar-refractivity contribution is -0.138. The number of hydrogen-bond donors (Lipinski definition) is 1. The Hall–Kier alpha value is -1.11. The van der Waals surface area contributed by atoms with E-state index in [2.05, 4.69) is 10.00 Å². The SMILES string of the molecule is CCc1nn(C)c(CN2CCCN(CC(=O)O)CC2)c1Cl. The summed E-state index contributed by atoms with van der Waals surface area (Å²) in [5, 5.41) is 14.1. The Bertz CT molecular complexity index is 503. The second-order valence-electron chi connectivity index (χ2n) is 5.48. The van der Waals surface area contributed by atoms with Crippen molar-refractivity contribution in [3.05, 3.63) is 16.4 Å². The van der Waals surface area contributed by atoms with Gasteiger partial charge in [0.2, 0.25) is 0 Å². The van der Waals surface area contributed by atoms with Crippen LogP contribution in [0.25, 0.3) is 0 Å². The molecule has 2 heterocycles. The number of nitrogens with zero attached hydrogens (tertiary/aromatic N) is 4. The molecule has 0 amide bonds. The molecule has 0 unspecified atom stereocenters. The molecule has 2 rings (SSSR count). The molecule has 1 fully saturated rings. The zero-order chi connectivity index (χ0) is 15.4. The van der Waals surface area contributed by atoms with Crippen LogP contribution >= 0.6 is 11.6 Å². The van der Waals surface area contributed by atoms with Crippen molar-refractivity contribution in [1.82, 2.24) is 19.6 Å². The molecule has 1 saturated heterocycles. The van der Waals surface area contributed by atoms with Crippen molar-refractivity contribution < 1.29 is 9.90 Å². The zero-order valence-corrected chi connectivity index (χ0v) is 13.4. The molecule has 21 heavy (non-hydrogen) atoms. The lowest BCUT2D eigenvalue weighted by atomic mass is 10.3. The maximum Gasteiger partial charge on any atom is 0.317 e. The van der Waals surface area contributed by atoms with Gasteiger partial charge in [-0.25, -0.2) is 0 Å². The molecule has 0 atom stereocenters. The van der Waals surface area contributed by atoms with Crippen LogP contribution in [0.4, 0.5) is 0 Å². The van der Waals surface area contributed by atoms with E-state index >= 15 is 0 Å². The highest BCUT2D eigenvalue weighted by atomic mass is 35.5. The minimum atomic E-state index is -0.759. The number of carbonyl (C=O) groups is 1. The summed E-state index contributed by atoms with van der Waals surface area (Å²) in [5.74, 6) is -0.759. The molecule has 0 radical (unpaired) electrons. The number of aryl methyl sites for hydroxylation is 2. The highest BCUT2D eigenvalue weighted by Crippen LogP contribution is 2.22. The highest BCUT2D eigenvalue weighted by Gasteiger charge is 2.20.